The van der Waals surface area contributed by atoms with Crippen LogP contribution in [-0.2, 0) is 5.41 Å². The minimum absolute atomic E-state index is 0.232. The second-order valence-corrected chi connectivity index (χ2v) is 5.99. The summed E-state index contributed by atoms with van der Waals surface area (Å²) in [6.07, 6.45) is 0. The average molecular weight is 305 g/mol. The molecule has 0 bridgehead atoms. The largest absolute Gasteiger partial charge is 0.497 e. The van der Waals surface area contributed by atoms with Crippen LogP contribution in [-0.4, -0.2) is 14.2 Å². The van der Waals surface area contributed by atoms with Crippen LogP contribution in [0.5, 0.6) is 11.5 Å². The van der Waals surface area contributed by atoms with E-state index in [1.54, 1.807) is 14.2 Å². The molecule has 0 fully saturated rings. The maximum Gasteiger partial charge on any atom is 0.123 e. The molecule has 0 aliphatic heterocycles. The second-order valence-electron chi connectivity index (χ2n) is 5.56. The van der Waals surface area contributed by atoms with Crippen LogP contribution in [0.1, 0.15) is 30.4 Å². The second kappa shape index (κ2) is 6.40. The van der Waals surface area contributed by atoms with E-state index in [4.69, 9.17) is 21.1 Å². The van der Waals surface area contributed by atoms with Crippen molar-refractivity contribution in [3.05, 3.63) is 59.7 Å². The highest BCUT2D eigenvalue weighted by atomic mass is 35.5. The van der Waals surface area contributed by atoms with Crippen molar-refractivity contribution in [2.45, 2.75) is 24.6 Å². The van der Waals surface area contributed by atoms with Crippen LogP contribution < -0.4 is 9.47 Å². The molecule has 1 atom stereocenters. The lowest BCUT2D eigenvalue weighted by molar-refractivity contribution is 0.390. The molecule has 2 aromatic rings. The van der Waals surface area contributed by atoms with E-state index in [0.717, 1.165) is 17.1 Å². The summed E-state index contributed by atoms with van der Waals surface area (Å²) in [7, 11) is 3.31. The Bertz CT molecular complexity index is 593. The summed E-state index contributed by atoms with van der Waals surface area (Å²) < 4.78 is 10.8. The fourth-order valence-electron chi connectivity index (χ4n) is 2.44. The van der Waals surface area contributed by atoms with Gasteiger partial charge in [0, 0.05) is 11.0 Å². The Kier molecular flexibility index (Phi) is 4.79. The Balaban J connectivity index is 2.45. The van der Waals surface area contributed by atoms with Gasteiger partial charge in [-0.25, -0.2) is 0 Å². The van der Waals surface area contributed by atoms with Crippen molar-refractivity contribution in [1.82, 2.24) is 0 Å². The lowest BCUT2D eigenvalue weighted by Gasteiger charge is -2.32. The average Bonchev–Trinajstić information content (AvgIpc) is 2.54. The molecule has 2 rings (SSSR count). The van der Waals surface area contributed by atoms with Gasteiger partial charge in [0.15, 0.2) is 0 Å². The summed E-state index contributed by atoms with van der Waals surface area (Å²) in [6, 6.07) is 16.0. The first-order valence-corrected chi connectivity index (χ1v) is 7.36. The molecule has 21 heavy (non-hydrogen) atoms. The van der Waals surface area contributed by atoms with Gasteiger partial charge in [-0.1, -0.05) is 44.2 Å². The standard InChI is InChI=1S/C18H21ClO2/c1-18(2,13-8-6-5-7-9-13)17(19)15-12-14(20-3)10-11-16(15)21-4/h5-12,17H,1-4H3. The van der Waals surface area contributed by atoms with Crippen LogP contribution in [0.2, 0.25) is 0 Å². The predicted octanol–water partition coefficient (Wildman–Crippen LogP) is 4.96. The monoisotopic (exact) mass is 304 g/mol. The highest BCUT2D eigenvalue weighted by Gasteiger charge is 2.33. The number of ether oxygens (including phenoxy) is 2. The Morgan fingerprint density at radius 3 is 2.19 bits per heavy atom. The summed E-state index contributed by atoms with van der Waals surface area (Å²) in [5, 5.41) is -0.232. The van der Waals surface area contributed by atoms with Crippen molar-refractivity contribution in [3.8, 4) is 11.5 Å². The van der Waals surface area contributed by atoms with Crippen LogP contribution in [0, 0.1) is 0 Å². The number of benzene rings is 2. The van der Waals surface area contributed by atoms with Crippen molar-refractivity contribution < 1.29 is 9.47 Å². The smallest absolute Gasteiger partial charge is 0.123 e. The van der Waals surface area contributed by atoms with E-state index in [-0.39, 0.29) is 10.8 Å². The predicted molar refractivity (Wildman–Crippen MR) is 87.6 cm³/mol. The Hall–Kier alpha value is -1.67. The van der Waals surface area contributed by atoms with Crippen LogP contribution >= 0.6 is 11.6 Å². The van der Waals surface area contributed by atoms with Gasteiger partial charge in [-0.15, -0.1) is 11.6 Å². The molecule has 0 aliphatic rings. The zero-order chi connectivity index (χ0) is 15.5. The Morgan fingerprint density at radius 1 is 0.952 bits per heavy atom. The molecule has 0 aliphatic carbocycles. The molecule has 0 aromatic heterocycles. The van der Waals surface area contributed by atoms with Gasteiger partial charge in [-0.3, -0.25) is 0 Å². The van der Waals surface area contributed by atoms with Crippen molar-refractivity contribution in [3.63, 3.8) is 0 Å². The zero-order valence-electron chi connectivity index (χ0n) is 12.9. The third-order valence-corrected chi connectivity index (χ3v) is 4.64. The highest BCUT2D eigenvalue weighted by Crippen LogP contribution is 2.45. The van der Waals surface area contributed by atoms with Gasteiger partial charge >= 0.3 is 0 Å². The van der Waals surface area contributed by atoms with Crippen LogP contribution in [0.15, 0.2) is 48.5 Å². The zero-order valence-corrected chi connectivity index (χ0v) is 13.6. The number of alkyl halides is 1. The molecule has 3 heteroatoms. The topological polar surface area (TPSA) is 18.5 Å². The fraction of sp³-hybridized carbons (Fsp3) is 0.333. The summed E-state index contributed by atoms with van der Waals surface area (Å²) in [5.74, 6) is 1.56. The maximum atomic E-state index is 6.81. The van der Waals surface area contributed by atoms with Gasteiger partial charge in [0.2, 0.25) is 0 Å². The van der Waals surface area contributed by atoms with Gasteiger partial charge in [0.25, 0.3) is 0 Å². The van der Waals surface area contributed by atoms with E-state index in [2.05, 4.69) is 26.0 Å². The molecular weight excluding hydrogens is 284 g/mol. The maximum absolute atomic E-state index is 6.81. The summed E-state index contributed by atoms with van der Waals surface area (Å²) >= 11 is 6.81. The molecule has 1 unspecified atom stereocenters. The number of methoxy groups -OCH3 is 2. The Morgan fingerprint density at radius 2 is 1.62 bits per heavy atom. The fourth-order valence-corrected chi connectivity index (χ4v) is 2.74. The van der Waals surface area contributed by atoms with Crippen LogP contribution in [0.3, 0.4) is 0 Å². The SMILES string of the molecule is COc1ccc(OC)c(C(Cl)C(C)(C)c2ccccc2)c1. The van der Waals surface area contributed by atoms with Gasteiger partial charge in [-0.05, 0) is 23.8 Å². The molecule has 0 saturated heterocycles. The quantitative estimate of drug-likeness (QED) is 0.727. The van der Waals surface area contributed by atoms with E-state index in [1.807, 2.05) is 36.4 Å². The molecule has 0 radical (unpaired) electrons. The molecule has 0 saturated carbocycles. The van der Waals surface area contributed by atoms with Crippen molar-refractivity contribution >= 4 is 11.6 Å². The normalized spacial score (nSPS) is 12.8. The summed E-state index contributed by atoms with van der Waals surface area (Å²) in [6.45, 7) is 4.28. The van der Waals surface area contributed by atoms with Crippen molar-refractivity contribution in [2.75, 3.05) is 14.2 Å². The van der Waals surface area contributed by atoms with Gasteiger partial charge < -0.3 is 9.47 Å². The molecule has 0 heterocycles. The van der Waals surface area contributed by atoms with E-state index in [9.17, 15) is 0 Å². The van der Waals surface area contributed by atoms with Gasteiger partial charge in [0.05, 0.1) is 19.6 Å². The van der Waals surface area contributed by atoms with Crippen molar-refractivity contribution in [2.24, 2.45) is 0 Å². The minimum Gasteiger partial charge on any atom is -0.497 e. The van der Waals surface area contributed by atoms with Crippen LogP contribution in [0.4, 0.5) is 0 Å². The van der Waals surface area contributed by atoms with Crippen molar-refractivity contribution in [1.29, 1.82) is 0 Å². The molecular formula is C18H21ClO2. The number of hydrogen-bond acceptors (Lipinski definition) is 2. The first-order chi connectivity index (χ1) is 10.0. The van der Waals surface area contributed by atoms with Gasteiger partial charge in [0.1, 0.15) is 11.5 Å². The number of hydrogen-bond donors (Lipinski definition) is 0. The summed E-state index contributed by atoms with van der Waals surface area (Å²) in [4.78, 5) is 0. The molecule has 112 valence electrons. The first-order valence-electron chi connectivity index (χ1n) is 6.92. The van der Waals surface area contributed by atoms with E-state index in [0.29, 0.717) is 0 Å². The van der Waals surface area contributed by atoms with E-state index >= 15 is 0 Å². The lowest BCUT2D eigenvalue weighted by Crippen LogP contribution is -2.23. The number of rotatable bonds is 5. The third kappa shape index (κ3) is 3.16. The first kappa shape index (κ1) is 15.7. The Labute approximate surface area is 131 Å². The number of halogens is 1. The highest BCUT2D eigenvalue weighted by molar-refractivity contribution is 6.22. The summed E-state index contributed by atoms with van der Waals surface area (Å²) in [5.41, 5.74) is 1.89. The van der Waals surface area contributed by atoms with Gasteiger partial charge in [-0.2, -0.15) is 0 Å². The minimum atomic E-state index is -0.234. The lowest BCUT2D eigenvalue weighted by atomic mass is 9.78. The van der Waals surface area contributed by atoms with E-state index in [1.165, 1.54) is 5.56 Å². The molecule has 0 spiro atoms. The third-order valence-electron chi connectivity index (χ3n) is 3.86. The molecule has 0 amide bonds. The van der Waals surface area contributed by atoms with Crippen LogP contribution in [0.25, 0.3) is 0 Å². The molecule has 2 nitrogen and oxygen atoms in total. The molecule has 2 aromatic carbocycles. The van der Waals surface area contributed by atoms with E-state index < -0.39 is 0 Å². The molecule has 0 N–H and O–H groups in total.